The van der Waals surface area contributed by atoms with Gasteiger partial charge in [-0.25, -0.2) is 0 Å². The Morgan fingerprint density at radius 1 is 1.21 bits per heavy atom. The normalized spacial score (nSPS) is 48.4. The van der Waals surface area contributed by atoms with Gasteiger partial charge in [-0.15, -0.1) is 0 Å². The predicted octanol–water partition coefficient (Wildman–Crippen LogP) is 3.63. The molecule has 2 saturated carbocycles. The van der Waals surface area contributed by atoms with Gasteiger partial charge in [0.05, 0.1) is 6.10 Å². The fourth-order valence-corrected chi connectivity index (χ4v) is 4.26. The van der Waals surface area contributed by atoms with E-state index >= 15 is 0 Å². The minimum absolute atomic E-state index is 0.466. The van der Waals surface area contributed by atoms with Gasteiger partial charge in [-0.05, 0) is 43.4 Å². The SMILES string of the molecule is CCO[C@H](C)C1[C@@]2(C)CCCC[C@]12C. The first-order chi connectivity index (χ1) is 6.56. The average molecular weight is 196 g/mol. The second-order valence-corrected chi connectivity index (χ2v) is 5.68. The van der Waals surface area contributed by atoms with Crippen LogP contribution in [0.5, 0.6) is 0 Å². The summed E-state index contributed by atoms with van der Waals surface area (Å²) in [5.74, 6) is 0.817. The number of ether oxygens (including phenoxy) is 1. The topological polar surface area (TPSA) is 9.23 Å². The molecule has 0 radical (unpaired) electrons. The van der Waals surface area contributed by atoms with Crippen molar-refractivity contribution in [3.8, 4) is 0 Å². The van der Waals surface area contributed by atoms with Crippen LogP contribution >= 0.6 is 0 Å². The van der Waals surface area contributed by atoms with Crippen molar-refractivity contribution >= 4 is 0 Å². The van der Waals surface area contributed by atoms with Crippen LogP contribution in [-0.4, -0.2) is 12.7 Å². The maximum atomic E-state index is 5.79. The zero-order chi connectivity index (χ0) is 10.4. The molecule has 0 aromatic rings. The van der Waals surface area contributed by atoms with Crippen molar-refractivity contribution < 1.29 is 4.74 Å². The molecule has 3 atom stereocenters. The van der Waals surface area contributed by atoms with E-state index in [4.69, 9.17) is 4.74 Å². The van der Waals surface area contributed by atoms with Gasteiger partial charge in [0, 0.05) is 6.61 Å². The lowest BCUT2D eigenvalue weighted by atomic mass is 9.82. The van der Waals surface area contributed by atoms with Crippen molar-refractivity contribution in [1.29, 1.82) is 0 Å². The molecule has 82 valence electrons. The van der Waals surface area contributed by atoms with Crippen LogP contribution in [-0.2, 0) is 4.74 Å². The monoisotopic (exact) mass is 196 g/mol. The highest BCUT2D eigenvalue weighted by Gasteiger charge is 2.72. The molecule has 0 aromatic heterocycles. The van der Waals surface area contributed by atoms with Crippen molar-refractivity contribution in [2.45, 2.75) is 59.5 Å². The number of hydrogen-bond donors (Lipinski definition) is 0. The molecule has 0 aliphatic heterocycles. The summed E-state index contributed by atoms with van der Waals surface area (Å²) in [6, 6.07) is 0. The molecule has 1 heteroatoms. The first-order valence-corrected chi connectivity index (χ1v) is 6.18. The van der Waals surface area contributed by atoms with E-state index in [1.165, 1.54) is 25.7 Å². The van der Waals surface area contributed by atoms with E-state index < -0.39 is 0 Å². The van der Waals surface area contributed by atoms with Crippen LogP contribution in [0.1, 0.15) is 53.4 Å². The molecule has 2 rings (SSSR count). The maximum Gasteiger partial charge on any atom is 0.0585 e. The summed E-state index contributed by atoms with van der Waals surface area (Å²) >= 11 is 0. The molecule has 2 fully saturated rings. The largest absolute Gasteiger partial charge is 0.378 e. The third kappa shape index (κ3) is 1.18. The second-order valence-electron chi connectivity index (χ2n) is 5.68. The number of rotatable bonds is 3. The van der Waals surface area contributed by atoms with Crippen LogP contribution in [0.4, 0.5) is 0 Å². The minimum Gasteiger partial charge on any atom is -0.378 e. The highest BCUT2D eigenvalue weighted by atomic mass is 16.5. The van der Waals surface area contributed by atoms with Crippen molar-refractivity contribution in [2.75, 3.05) is 6.61 Å². The third-order valence-electron chi connectivity index (χ3n) is 5.14. The Labute approximate surface area is 88.2 Å². The molecule has 0 amide bonds. The van der Waals surface area contributed by atoms with E-state index in [1.807, 2.05) is 0 Å². The Morgan fingerprint density at radius 3 is 2.14 bits per heavy atom. The lowest BCUT2D eigenvalue weighted by molar-refractivity contribution is 0.0461. The van der Waals surface area contributed by atoms with Crippen LogP contribution in [0.15, 0.2) is 0 Å². The third-order valence-corrected chi connectivity index (χ3v) is 5.14. The molecule has 0 spiro atoms. The van der Waals surface area contributed by atoms with E-state index in [2.05, 4.69) is 27.7 Å². The Kier molecular flexibility index (Phi) is 2.42. The van der Waals surface area contributed by atoms with Crippen molar-refractivity contribution in [1.82, 2.24) is 0 Å². The molecule has 0 N–H and O–H groups in total. The molecule has 14 heavy (non-hydrogen) atoms. The number of hydrogen-bond acceptors (Lipinski definition) is 1. The zero-order valence-corrected chi connectivity index (χ0v) is 10.1. The van der Waals surface area contributed by atoms with Crippen molar-refractivity contribution in [3.05, 3.63) is 0 Å². The summed E-state index contributed by atoms with van der Waals surface area (Å²) in [6.07, 6.45) is 6.17. The summed E-state index contributed by atoms with van der Waals surface area (Å²) in [5, 5.41) is 0. The lowest BCUT2D eigenvalue weighted by Crippen LogP contribution is -2.15. The van der Waals surface area contributed by atoms with E-state index in [0.717, 1.165) is 12.5 Å². The van der Waals surface area contributed by atoms with Crippen molar-refractivity contribution in [2.24, 2.45) is 16.7 Å². The first-order valence-electron chi connectivity index (χ1n) is 6.18. The predicted molar refractivity (Wildman–Crippen MR) is 59.3 cm³/mol. The van der Waals surface area contributed by atoms with Gasteiger partial charge in [0.25, 0.3) is 0 Å². The van der Waals surface area contributed by atoms with Crippen LogP contribution in [0.25, 0.3) is 0 Å². The Hall–Kier alpha value is -0.0400. The van der Waals surface area contributed by atoms with E-state index in [-0.39, 0.29) is 0 Å². The standard InChI is InChI=1S/C13H24O/c1-5-14-10(2)11-12(3)8-6-7-9-13(11,12)4/h10-11H,5-9H2,1-4H3/t10-,12-,13-/m1/s1. The second kappa shape index (κ2) is 3.23. The highest BCUT2D eigenvalue weighted by Crippen LogP contribution is 2.76. The zero-order valence-electron chi connectivity index (χ0n) is 10.1. The summed E-state index contributed by atoms with van der Waals surface area (Å²) in [4.78, 5) is 0. The van der Waals surface area contributed by atoms with Crippen LogP contribution < -0.4 is 0 Å². The van der Waals surface area contributed by atoms with Gasteiger partial charge in [-0.2, -0.15) is 0 Å². The van der Waals surface area contributed by atoms with Crippen molar-refractivity contribution in [3.63, 3.8) is 0 Å². The maximum absolute atomic E-state index is 5.79. The van der Waals surface area contributed by atoms with Crippen LogP contribution in [0.3, 0.4) is 0 Å². The smallest absolute Gasteiger partial charge is 0.0585 e. The van der Waals surface area contributed by atoms with Gasteiger partial charge >= 0.3 is 0 Å². The van der Waals surface area contributed by atoms with E-state index in [9.17, 15) is 0 Å². The molecule has 0 heterocycles. The van der Waals surface area contributed by atoms with Crippen LogP contribution in [0, 0.1) is 16.7 Å². The fourth-order valence-electron chi connectivity index (χ4n) is 4.26. The average Bonchev–Trinajstić information content (AvgIpc) is 2.63. The van der Waals surface area contributed by atoms with Gasteiger partial charge in [0.2, 0.25) is 0 Å². The molecular weight excluding hydrogens is 172 g/mol. The van der Waals surface area contributed by atoms with Gasteiger partial charge in [-0.3, -0.25) is 0 Å². The lowest BCUT2D eigenvalue weighted by Gasteiger charge is -2.23. The first kappa shape index (κ1) is 10.5. The highest BCUT2D eigenvalue weighted by molar-refractivity contribution is 5.20. The van der Waals surface area contributed by atoms with E-state index in [0.29, 0.717) is 16.9 Å². The summed E-state index contributed by atoms with van der Waals surface area (Å²) < 4.78 is 5.79. The molecule has 0 saturated heterocycles. The summed E-state index contributed by atoms with van der Waals surface area (Å²) in [5.41, 5.74) is 1.19. The number of fused-ring (bicyclic) bond motifs is 1. The summed E-state index contributed by atoms with van der Waals surface area (Å²) in [7, 11) is 0. The Bertz CT molecular complexity index is 207. The molecule has 2 aliphatic rings. The van der Waals surface area contributed by atoms with Gasteiger partial charge in [0.15, 0.2) is 0 Å². The molecule has 0 unspecified atom stereocenters. The van der Waals surface area contributed by atoms with Gasteiger partial charge in [-0.1, -0.05) is 26.7 Å². The molecule has 0 bridgehead atoms. The van der Waals surface area contributed by atoms with Gasteiger partial charge < -0.3 is 4.74 Å². The van der Waals surface area contributed by atoms with Crippen LogP contribution in [0.2, 0.25) is 0 Å². The molecule has 2 aliphatic carbocycles. The molecule has 0 aromatic carbocycles. The van der Waals surface area contributed by atoms with E-state index in [1.54, 1.807) is 0 Å². The van der Waals surface area contributed by atoms with Gasteiger partial charge in [0.1, 0.15) is 0 Å². The Balaban J connectivity index is 2.08. The summed E-state index contributed by atoms with van der Waals surface area (Å²) in [6.45, 7) is 10.2. The Morgan fingerprint density at radius 2 is 1.71 bits per heavy atom. The quantitative estimate of drug-likeness (QED) is 0.670. The molecule has 1 nitrogen and oxygen atoms in total. The molecular formula is C13H24O. The fraction of sp³-hybridized carbons (Fsp3) is 1.00. The minimum atomic E-state index is 0.466.